The van der Waals surface area contributed by atoms with Gasteiger partial charge in [-0.2, -0.15) is 4.98 Å². The molecule has 6 nitrogen and oxygen atoms in total. The van der Waals surface area contributed by atoms with Gasteiger partial charge in [-0.05, 0) is 20.8 Å². The third kappa shape index (κ3) is 2.58. The van der Waals surface area contributed by atoms with Gasteiger partial charge in [0, 0.05) is 26.2 Å². The highest BCUT2D eigenvalue weighted by Gasteiger charge is 2.34. The van der Waals surface area contributed by atoms with Crippen molar-refractivity contribution in [1.82, 2.24) is 20.4 Å². The summed E-state index contributed by atoms with van der Waals surface area (Å²) in [5.74, 6) is 0.683. The summed E-state index contributed by atoms with van der Waals surface area (Å²) in [4.78, 5) is 6.64. The van der Waals surface area contributed by atoms with Crippen molar-refractivity contribution in [3.8, 4) is 6.08 Å². The average molecular weight is 240 g/mol. The van der Waals surface area contributed by atoms with Crippen molar-refractivity contribution in [3.63, 3.8) is 0 Å². The van der Waals surface area contributed by atoms with Crippen molar-refractivity contribution < 1.29 is 9.26 Å². The Morgan fingerprint density at radius 2 is 2.12 bits per heavy atom. The van der Waals surface area contributed by atoms with Crippen LogP contribution in [0.15, 0.2) is 4.52 Å². The molecule has 0 aromatic carbocycles. The molecule has 0 spiro atoms. The van der Waals surface area contributed by atoms with Crippen molar-refractivity contribution in [2.75, 3.05) is 32.8 Å². The highest BCUT2D eigenvalue weighted by molar-refractivity contribution is 5.04. The Morgan fingerprint density at radius 3 is 2.76 bits per heavy atom. The minimum Gasteiger partial charge on any atom is -0.449 e. The molecule has 0 radical (unpaired) electrons. The van der Waals surface area contributed by atoms with Gasteiger partial charge in [-0.3, -0.25) is 9.42 Å². The van der Waals surface area contributed by atoms with E-state index in [-0.39, 0.29) is 11.6 Å². The first kappa shape index (κ1) is 12.3. The molecule has 1 saturated heterocycles. The second-order valence-electron chi connectivity index (χ2n) is 4.61. The summed E-state index contributed by atoms with van der Waals surface area (Å²) < 4.78 is 10.3. The molecular formula is C11H20N4O2. The molecule has 96 valence electrons. The highest BCUT2D eigenvalue weighted by Crippen LogP contribution is 2.26. The first-order chi connectivity index (χ1) is 8.14. The van der Waals surface area contributed by atoms with Gasteiger partial charge in [0.05, 0.1) is 12.1 Å². The van der Waals surface area contributed by atoms with Crippen LogP contribution in [0, 0.1) is 0 Å². The molecule has 0 aliphatic carbocycles. The Bertz CT molecular complexity index is 358. The zero-order valence-electron chi connectivity index (χ0n) is 10.7. The molecule has 0 amide bonds. The maximum atomic E-state index is 5.20. The summed E-state index contributed by atoms with van der Waals surface area (Å²) in [6.45, 7) is 10.6. The number of aromatic nitrogens is 2. The van der Waals surface area contributed by atoms with Gasteiger partial charge in [0.1, 0.15) is 0 Å². The van der Waals surface area contributed by atoms with Gasteiger partial charge in [0.15, 0.2) is 5.82 Å². The topological polar surface area (TPSA) is 63.4 Å². The van der Waals surface area contributed by atoms with Crippen LogP contribution in [-0.2, 0) is 5.54 Å². The molecule has 2 heterocycles. The monoisotopic (exact) mass is 240 g/mol. The van der Waals surface area contributed by atoms with Crippen LogP contribution in [0.5, 0.6) is 6.08 Å². The minimum atomic E-state index is -0.221. The summed E-state index contributed by atoms with van der Waals surface area (Å²) in [6.07, 6.45) is 0.255. The largest absolute Gasteiger partial charge is 0.449 e. The number of nitrogens with zero attached hydrogens (tertiary/aromatic N) is 3. The Hall–Kier alpha value is -1.14. The van der Waals surface area contributed by atoms with Crippen molar-refractivity contribution in [1.29, 1.82) is 0 Å². The number of hydrogen-bond acceptors (Lipinski definition) is 6. The number of hydrogen-bond donors (Lipinski definition) is 1. The van der Waals surface area contributed by atoms with Crippen molar-refractivity contribution >= 4 is 0 Å². The predicted octanol–water partition coefficient (Wildman–Crippen LogP) is 0.609. The summed E-state index contributed by atoms with van der Waals surface area (Å²) in [5, 5.41) is 7.34. The van der Waals surface area contributed by atoms with Gasteiger partial charge in [0.25, 0.3) is 0 Å². The predicted molar refractivity (Wildman–Crippen MR) is 62.9 cm³/mol. The third-order valence-corrected chi connectivity index (χ3v) is 3.13. The maximum absolute atomic E-state index is 5.20. The van der Waals surface area contributed by atoms with E-state index in [0.29, 0.717) is 12.4 Å². The van der Waals surface area contributed by atoms with Crippen LogP contribution in [0.1, 0.15) is 26.6 Å². The van der Waals surface area contributed by atoms with E-state index in [0.717, 1.165) is 26.2 Å². The van der Waals surface area contributed by atoms with Crippen molar-refractivity contribution in [2.24, 2.45) is 0 Å². The van der Waals surface area contributed by atoms with Crippen LogP contribution in [0.2, 0.25) is 0 Å². The van der Waals surface area contributed by atoms with Crippen LogP contribution < -0.4 is 10.1 Å². The zero-order valence-corrected chi connectivity index (χ0v) is 10.7. The number of piperazine rings is 1. The van der Waals surface area contributed by atoms with Crippen LogP contribution in [0.3, 0.4) is 0 Å². The molecule has 1 N–H and O–H groups in total. The van der Waals surface area contributed by atoms with Crippen LogP contribution in [-0.4, -0.2) is 47.8 Å². The number of ether oxygens (including phenoxy) is 1. The molecule has 17 heavy (non-hydrogen) atoms. The standard InChI is InChI=1S/C11H20N4O2/c1-4-16-10-13-9(14-17-10)11(2,3)15-7-5-12-6-8-15/h12H,4-8H2,1-3H3. The Morgan fingerprint density at radius 1 is 1.41 bits per heavy atom. The molecule has 0 atom stereocenters. The lowest BCUT2D eigenvalue weighted by atomic mass is 10.0. The van der Waals surface area contributed by atoms with E-state index < -0.39 is 0 Å². The van der Waals surface area contributed by atoms with E-state index in [1.54, 1.807) is 0 Å². The highest BCUT2D eigenvalue weighted by atomic mass is 16.6. The summed E-state index contributed by atoms with van der Waals surface area (Å²) in [5.41, 5.74) is -0.221. The molecule has 2 rings (SSSR count). The van der Waals surface area contributed by atoms with Gasteiger partial charge in [-0.25, -0.2) is 0 Å². The molecule has 1 aliphatic rings. The molecular weight excluding hydrogens is 220 g/mol. The van der Waals surface area contributed by atoms with Crippen molar-refractivity contribution in [2.45, 2.75) is 26.3 Å². The summed E-state index contributed by atoms with van der Waals surface area (Å²) in [6, 6.07) is 0. The molecule has 1 fully saturated rings. The van der Waals surface area contributed by atoms with Gasteiger partial charge >= 0.3 is 6.08 Å². The van der Waals surface area contributed by atoms with Gasteiger partial charge in [0.2, 0.25) is 0 Å². The maximum Gasteiger partial charge on any atom is 0.417 e. The van der Waals surface area contributed by atoms with E-state index in [1.807, 2.05) is 6.92 Å². The molecule has 1 aliphatic heterocycles. The van der Waals surface area contributed by atoms with Crippen LogP contribution >= 0.6 is 0 Å². The zero-order chi connectivity index (χ0) is 12.3. The first-order valence-electron chi connectivity index (χ1n) is 6.07. The fraction of sp³-hybridized carbons (Fsp3) is 0.818. The molecule has 6 heteroatoms. The minimum absolute atomic E-state index is 0.221. The Labute approximate surface area is 101 Å². The fourth-order valence-electron chi connectivity index (χ4n) is 2.01. The Kier molecular flexibility index (Phi) is 3.63. The number of nitrogens with one attached hydrogen (secondary N) is 1. The smallest absolute Gasteiger partial charge is 0.417 e. The summed E-state index contributed by atoms with van der Waals surface area (Å²) in [7, 11) is 0. The SMILES string of the molecule is CCOc1nc(C(C)(C)N2CCNCC2)no1. The quantitative estimate of drug-likeness (QED) is 0.832. The van der Waals surface area contributed by atoms with Gasteiger partial charge in [-0.15, -0.1) is 0 Å². The molecule has 0 unspecified atom stereocenters. The normalized spacial score (nSPS) is 18.3. The van der Waals surface area contributed by atoms with Crippen LogP contribution in [0.4, 0.5) is 0 Å². The Balaban J connectivity index is 2.11. The molecule has 0 bridgehead atoms. The van der Waals surface area contributed by atoms with E-state index >= 15 is 0 Å². The van der Waals surface area contributed by atoms with E-state index in [4.69, 9.17) is 9.26 Å². The van der Waals surface area contributed by atoms with Crippen LogP contribution in [0.25, 0.3) is 0 Å². The molecule has 0 saturated carbocycles. The second kappa shape index (κ2) is 5.01. The van der Waals surface area contributed by atoms with Crippen molar-refractivity contribution in [3.05, 3.63) is 5.82 Å². The second-order valence-corrected chi connectivity index (χ2v) is 4.61. The molecule has 1 aromatic heterocycles. The third-order valence-electron chi connectivity index (χ3n) is 3.13. The number of rotatable bonds is 4. The molecule has 1 aromatic rings. The van der Waals surface area contributed by atoms with Gasteiger partial charge < -0.3 is 10.1 Å². The average Bonchev–Trinajstić information content (AvgIpc) is 2.80. The lowest BCUT2D eigenvalue weighted by Crippen LogP contribution is -2.52. The summed E-state index contributed by atoms with van der Waals surface area (Å²) >= 11 is 0. The first-order valence-corrected chi connectivity index (χ1v) is 6.07. The fourth-order valence-corrected chi connectivity index (χ4v) is 2.01. The van der Waals surface area contributed by atoms with E-state index in [2.05, 4.69) is 34.2 Å². The van der Waals surface area contributed by atoms with E-state index in [9.17, 15) is 0 Å². The van der Waals surface area contributed by atoms with Gasteiger partial charge in [-0.1, -0.05) is 5.16 Å². The lowest BCUT2D eigenvalue weighted by molar-refractivity contribution is 0.0924. The van der Waals surface area contributed by atoms with E-state index in [1.165, 1.54) is 0 Å². The lowest BCUT2D eigenvalue weighted by Gasteiger charge is -2.38.